The van der Waals surface area contributed by atoms with Crippen molar-refractivity contribution in [2.75, 3.05) is 6.79 Å². The lowest BCUT2D eigenvalue weighted by molar-refractivity contribution is -0.386. The lowest BCUT2D eigenvalue weighted by Crippen LogP contribution is -2.22. The van der Waals surface area contributed by atoms with Crippen molar-refractivity contribution in [3.63, 3.8) is 0 Å². The average Bonchev–Trinajstić information content (AvgIpc) is 3.35. The van der Waals surface area contributed by atoms with Gasteiger partial charge in [0.2, 0.25) is 12.5 Å². The molecule has 2 heterocycles. The van der Waals surface area contributed by atoms with E-state index in [2.05, 4.69) is 41.9 Å². The number of nitro benzene ring substituents is 1. The molecule has 0 fully saturated rings. The molecule has 0 atom stereocenters. The van der Waals surface area contributed by atoms with E-state index >= 15 is 0 Å². The quantitative estimate of drug-likeness (QED) is 0.149. The van der Waals surface area contributed by atoms with Crippen LogP contribution in [0.3, 0.4) is 0 Å². The predicted octanol–water partition coefficient (Wildman–Crippen LogP) is 5.58. The second-order valence-electron chi connectivity index (χ2n) is 7.98. The Hall–Kier alpha value is -3.77. The number of ether oxygens (including phenoxy) is 3. The van der Waals surface area contributed by atoms with Crippen molar-refractivity contribution in [3.8, 4) is 17.2 Å². The monoisotopic (exact) mass is 628 g/mol. The minimum absolute atomic E-state index is 0.0113. The van der Waals surface area contributed by atoms with Crippen LogP contribution >= 0.6 is 31.9 Å². The number of benzene rings is 3. The first kappa shape index (κ1) is 24.9. The van der Waals surface area contributed by atoms with Gasteiger partial charge in [0.1, 0.15) is 12.4 Å². The van der Waals surface area contributed by atoms with Gasteiger partial charge < -0.3 is 14.2 Å². The molecule has 0 bridgehead atoms. The summed E-state index contributed by atoms with van der Waals surface area (Å²) in [7, 11) is 0. The molecule has 0 saturated carbocycles. The zero-order chi connectivity index (χ0) is 26.1. The second kappa shape index (κ2) is 10.3. The minimum Gasteiger partial charge on any atom is -0.481 e. The van der Waals surface area contributed by atoms with Gasteiger partial charge in [-0.1, -0.05) is 44.8 Å². The highest BCUT2D eigenvalue weighted by Crippen LogP contribution is 2.36. The first-order valence-electron chi connectivity index (χ1n) is 11.1. The molecule has 4 aromatic rings. The predicted molar refractivity (Wildman–Crippen MR) is 144 cm³/mol. The van der Waals surface area contributed by atoms with Crippen LogP contribution in [0.25, 0.3) is 10.9 Å². The van der Waals surface area contributed by atoms with Crippen LogP contribution in [-0.4, -0.2) is 27.6 Å². The van der Waals surface area contributed by atoms with E-state index in [0.29, 0.717) is 44.7 Å². The summed E-state index contributed by atoms with van der Waals surface area (Å²) >= 11 is 6.70. The first-order chi connectivity index (χ1) is 17.8. The number of aromatic nitrogens is 2. The fourth-order valence-corrected chi connectivity index (χ4v) is 4.66. The fourth-order valence-electron chi connectivity index (χ4n) is 3.84. The normalized spacial score (nSPS) is 12.4. The maximum atomic E-state index is 13.2. The Morgan fingerprint density at radius 3 is 2.73 bits per heavy atom. The Morgan fingerprint density at radius 2 is 1.95 bits per heavy atom. The van der Waals surface area contributed by atoms with Gasteiger partial charge in [-0.2, -0.15) is 9.78 Å². The maximum Gasteiger partial charge on any atom is 0.312 e. The van der Waals surface area contributed by atoms with E-state index in [1.807, 2.05) is 13.0 Å². The summed E-state index contributed by atoms with van der Waals surface area (Å²) in [4.78, 5) is 29.1. The summed E-state index contributed by atoms with van der Waals surface area (Å²) in [5, 5.41) is 16.6. The third kappa shape index (κ3) is 5.07. The van der Waals surface area contributed by atoms with Crippen molar-refractivity contribution < 1.29 is 19.1 Å². The summed E-state index contributed by atoms with van der Waals surface area (Å²) < 4.78 is 19.0. The van der Waals surface area contributed by atoms with Gasteiger partial charge in [-0.15, -0.1) is 0 Å². The molecule has 0 unspecified atom stereocenters. The number of aryl methyl sites for hydroxylation is 1. The maximum absolute atomic E-state index is 13.2. The molecule has 12 heteroatoms. The van der Waals surface area contributed by atoms with E-state index < -0.39 is 4.92 Å². The molecule has 1 aliphatic heterocycles. The van der Waals surface area contributed by atoms with Crippen LogP contribution in [0.1, 0.15) is 23.9 Å². The molecule has 1 aromatic heterocycles. The van der Waals surface area contributed by atoms with E-state index in [1.165, 1.54) is 17.0 Å². The Kier molecular flexibility index (Phi) is 6.94. The Balaban J connectivity index is 1.55. The van der Waals surface area contributed by atoms with Gasteiger partial charge in [0, 0.05) is 27.0 Å². The summed E-state index contributed by atoms with van der Waals surface area (Å²) in [6.45, 7) is 2.03. The summed E-state index contributed by atoms with van der Waals surface area (Å²) in [5.74, 6) is 1.66. The Labute approximate surface area is 226 Å². The second-order valence-corrected chi connectivity index (χ2v) is 9.81. The summed E-state index contributed by atoms with van der Waals surface area (Å²) in [5.41, 5.74) is 0.998. The van der Waals surface area contributed by atoms with Crippen LogP contribution in [0.15, 0.2) is 67.4 Å². The first-order valence-corrected chi connectivity index (χ1v) is 12.7. The molecule has 0 N–H and O–H groups in total. The number of fused-ring (bicyclic) bond motifs is 2. The van der Waals surface area contributed by atoms with Crippen LogP contribution in [0.4, 0.5) is 5.69 Å². The average molecular weight is 630 g/mol. The van der Waals surface area contributed by atoms with Gasteiger partial charge in [-0.05, 0) is 42.0 Å². The molecule has 10 nitrogen and oxygen atoms in total. The van der Waals surface area contributed by atoms with Crippen LogP contribution in [0.2, 0.25) is 0 Å². The molecule has 0 amide bonds. The molecule has 37 heavy (non-hydrogen) atoms. The molecular weight excluding hydrogens is 612 g/mol. The van der Waals surface area contributed by atoms with Gasteiger partial charge >= 0.3 is 5.69 Å². The highest BCUT2D eigenvalue weighted by molar-refractivity contribution is 9.10. The molecule has 0 spiro atoms. The SMILES string of the molecule is CCc1nc2ccc(Br)cc2c(=O)n1N=Cc1cc(Br)cc([N+](=O)[O-])c1OCc1ccc2c(c1)OCO2. The van der Waals surface area contributed by atoms with Crippen LogP contribution < -0.4 is 19.8 Å². The van der Waals surface area contributed by atoms with Crippen LogP contribution in [0.5, 0.6) is 17.2 Å². The third-order valence-electron chi connectivity index (χ3n) is 5.58. The molecule has 0 saturated heterocycles. The van der Waals surface area contributed by atoms with Crippen molar-refractivity contribution >= 4 is 54.7 Å². The molecular formula is C25H18Br2N4O6. The van der Waals surface area contributed by atoms with Crippen LogP contribution in [0, 0.1) is 10.1 Å². The van der Waals surface area contributed by atoms with Crippen molar-refractivity contribution in [1.82, 2.24) is 9.66 Å². The highest BCUT2D eigenvalue weighted by Gasteiger charge is 2.22. The zero-order valence-corrected chi connectivity index (χ0v) is 22.5. The number of halogens is 2. The van der Waals surface area contributed by atoms with Crippen molar-refractivity contribution in [2.45, 2.75) is 20.0 Å². The van der Waals surface area contributed by atoms with Crippen molar-refractivity contribution in [1.29, 1.82) is 0 Å². The minimum atomic E-state index is -0.532. The van der Waals surface area contributed by atoms with E-state index in [0.717, 1.165) is 10.0 Å². The molecule has 5 rings (SSSR count). The van der Waals surface area contributed by atoms with Gasteiger partial charge in [0.25, 0.3) is 5.56 Å². The topological polar surface area (TPSA) is 118 Å². The van der Waals surface area contributed by atoms with Gasteiger partial charge in [-0.3, -0.25) is 14.9 Å². The fraction of sp³-hybridized carbons (Fsp3) is 0.160. The smallest absolute Gasteiger partial charge is 0.312 e. The summed E-state index contributed by atoms with van der Waals surface area (Å²) in [6, 6.07) is 13.5. The number of hydrogen-bond donors (Lipinski definition) is 0. The highest BCUT2D eigenvalue weighted by atomic mass is 79.9. The number of rotatable bonds is 7. The standard InChI is InChI=1S/C25H18Br2N4O6/c1-2-23-29-19-5-4-16(26)9-18(19)25(32)30(23)28-11-15-8-17(27)10-20(31(33)34)24(15)35-12-14-3-6-21-22(7-14)37-13-36-21/h3-11H,2,12-13H2,1H3. The summed E-state index contributed by atoms with van der Waals surface area (Å²) in [6.07, 6.45) is 1.81. The van der Waals surface area contributed by atoms with Gasteiger partial charge in [0.05, 0.1) is 22.0 Å². The molecule has 1 aliphatic rings. The number of nitro groups is 1. The zero-order valence-electron chi connectivity index (χ0n) is 19.3. The lowest BCUT2D eigenvalue weighted by Gasteiger charge is -2.12. The largest absolute Gasteiger partial charge is 0.481 e. The lowest BCUT2D eigenvalue weighted by atomic mass is 10.1. The van der Waals surface area contributed by atoms with Gasteiger partial charge in [0.15, 0.2) is 11.5 Å². The Bertz CT molecular complexity index is 1640. The van der Waals surface area contributed by atoms with E-state index in [4.69, 9.17) is 14.2 Å². The number of nitrogens with zero attached hydrogens (tertiary/aromatic N) is 4. The number of hydrogen-bond acceptors (Lipinski definition) is 8. The van der Waals surface area contributed by atoms with Crippen LogP contribution in [-0.2, 0) is 13.0 Å². The molecule has 0 radical (unpaired) electrons. The van der Waals surface area contributed by atoms with Crippen molar-refractivity contribution in [2.24, 2.45) is 5.10 Å². The molecule has 3 aromatic carbocycles. The van der Waals surface area contributed by atoms with Gasteiger partial charge in [-0.25, -0.2) is 4.98 Å². The van der Waals surface area contributed by atoms with Crippen molar-refractivity contribution in [3.05, 3.63) is 94.9 Å². The van der Waals surface area contributed by atoms with E-state index in [9.17, 15) is 14.9 Å². The molecule has 0 aliphatic carbocycles. The molecule has 188 valence electrons. The van der Waals surface area contributed by atoms with E-state index in [-0.39, 0.29) is 30.4 Å². The Morgan fingerprint density at radius 1 is 1.14 bits per heavy atom. The van der Waals surface area contributed by atoms with E-state index in [1.54, 1.807) is 36.4 Å². The third-order valence-corrected chi connectivity index (χ3v) is 6.53.